The number of rotatable bonds is 1. The number of carbonyl (C=O) groups is 1. The summed E-state index contributed by atoms with van der Waals surface area (Å²) in [4.78, 5) is 11.5. The molecule has 1 aliphatic rings. The van der Waals surface area contributed by atoms with E-state index < -0.39 is 0 Å². The van der Waals surface area contributed by atoms with Gasteiger partial charge in [-0.15, -0.1) is 0 Å². The Morgan fingerprint density at radius 1 is 1.27 bits per heavy atom. The van der Waals surface area contributed by atoms with Gasteiger partial charge in [-0.05, 0) is 40.5 Å². The van der Waals surface area contributed by atoms with Crippen molar-refractivity contribution in [3.05, 3.63) is 0 Å². The summed E-state index contributed by atoms with van der Waals surface area (Å²) in [6.07, 6.45) is 1.25. The van der Waals surface area contributed by atoms with Crippen LogP contribution >= 0.6 is 0 Å². The van der Waals surface area contributed by atoms with E-state index in [0.29, 0.717) is 12.8 Å². The third kappa shape index (κ3) is 2.32. The SMILES string of the molecule is COC(=O)C1CC(C)(C)N(O)C(C)(C)C1. The van der Waals surface area contributed by atoms with Gasteiger partial charge in [-0.2, -0.15) is 5.06 Å². The zero-order valence-electron chi connectivity index (χ0n) is 10.2. The van der Waals surface area contributed by atoms with E-state index in [2.05, 4.69) is 0 Å². The number of ether oxygens (including phenoxy) is 1. The zero-order valence-corrected chi connectivity index (χ0v) is 10.2. The molecule has 0 saturated carbocycles. The first-order chi connectivity index (χ1) is 6.70. The normalized spacial score (nSPS) is 26.3. The number of esters is 1. The van der Waals surface area contributed by atoms with Crippen LogP contribution in [0.3, 0.4) is 0 Å². The van der Waals surface area contributed by atoms with Crippen LogP contribution in [-0.2, 0) is 9.53 Å². The molecule has 0 aliphatic carbocycles. The van der Waals surface area contributed by atoms with Crippen molar-refractivity contribution in [1.29, 1.82) is 0 Å². The van der Waals surface area contributed by atoms with Gasteiger partial charge in [0.25, 0.3) is 0 Å². The highest BCUT2D eigenvalue weighted by atomic mass is 16.5. The Labute approximate surface area is 91.2 Å². The highest BCUT2D eigenvalue weighted by Crippen LogP contribution is 2.40. The number of nitrogens with zero attached hydrogens (tertiary/aromatic N) is 1. The lowest BCUT2D eigenvalue weighted by molar-refractivity contribution is -0.251. The summed E-state index contributed by atoms with van der Waals surface area (Å²) in [7, 11) is 1.41. The van der Waals surface area contributed by atoms with Crippen molar-refractivity contribution in [2.24, 2.45) is 5.92 Å². The maximum absolute atomic E-state index is 11.5. The molecule has 4 nitrogen and oxygen atoms in total. The highest BCUT2D eigenvalue weighted by Gasteiger charge is 2.47. The van der Waals surface area contributed by atoms with Gasteiger partial charge in [0.15, 0.2) is 0 Å². The van der Waals surface area contributed by atoms with Crippen LogP contribution in [0.4, 0.5) is 0 Å². The van der Waals surface area contributed by atoms with Crippen LogP contribution in [0.1, 0.15) is 40.5 Å². The molecule has 0 atom stereocenters. The van der Waals surface area contributed by atoms with Crippen molar-refractivity contribution in [3.63, 3.8) is 0 Å². The number of hydroxylamine groups is 2. The minimum atomic E-state index is -0.388. The molecule has 1 aliphatic heterocycles. The monoisotopic (exact) mass is 215 g/mol. The van der Waals surface area contributed by atoms with Crippen molar-refractivity contribution < 1.29 is 14.7 Å². The molecule has 0 aromatic rings. The lowest BCUT2D eigenvalue weighted by atomic mass is 9.75. The Morgan fingerprint density at radius 3 is 2.00 bits per heavy atom. The summed E-state index contributed by atoms with van der Waals surface area (Å²) in [6, 6.07) is 0. The number of hydrogen-bond acceptors (Lipinski definition) is 4. The minimum Gasteiger partial charge on any atom is -0.469 e. The average molecular weight is 215 g/mol. The van der Waals surface area contributed by atoms with Crippen molar-refractivity contribution in [1.82, 2.24) is 5.06 Å². The first-order valence-corrected chi connectivity index (χ1v) is 5.28. The molecule has 0 bridgehead atoms. The molecular formula is C11H21NO3. The smallest absolute Gasteiger partial charge is 0.308 e. The number of carbonyl (C=O) groups excluding carboxylic acids is 1. The summed E-state index contributed by atoms with van der Waals surface area (Å²) in [6.45, 7) is 7.74. The van der Waals surface area contributed by atoms with Crippen LogP contribution in [0.5, 0.6) is 0 Å². The van der Waals surface area contributed by atoms with Crippen LogP contribution in [0.25, 0.3) is 0 Å². The molecule has 88 valence electrons. The van der Waals surface area contributed by atoms with Crippen molar-refractivity contribution in [2.75, 3.05) is 7.11 Å². The molecule has 1 heterocycles. The highest BCUT2D eigenvalue weighted by molar-refractivity contribution is 5.72. The summed E-state index contributed by atoms with van der Waals surface area (Å²) >= 11 is 0. The summed E-state index contributed by atoms with van der Waals surface area (Å²) in [5.41, 5.74) is -0.777. The predicted octanol–water partition coefficient (Wildman–Crippen LogP) is 1.82. The summed E-state index contributed by atoms with van der Waals surface area (Å²) in [5.74, 6) is -0.298. The molecule has 1 saturated heterocycles. The fourth-order valence-electron chi connectivity index (χ4n) is 2.60. The van der Waals surface area contributed by atoms with E-state index >= 15 is 0 Å². The van der Waals surface area contributed by atoms with Crippen LogP contribution in [0, 0.1) is 5.92 Å². The largest absolute Gasteiger partial charge is 0.469 e. The molecular weight excluding hydrogens is 194 g/mol. The van der Waals surface area contributed by atoms with Gasteiger partial charge in [0.05, 0.1) is 13.0 Å². The van der Waals surface area contributed by atoms with Gasteiger partial charge in [0.2, 0.25) is 0 Å². The number of piperidine rings is 1. The summed E-state index contributed by atoms with van der Waals surface area (Å²) < 4.78 is 4.77. The first kappa shape index (κ1) is 12.5. The second-order valence-corrected chi connectivity index (χ2v) is 5.57. The standard InChI is InChI=1S/C11H21NO3/c1-10(2)6-8(9(13)15-5)7-11(3,4)12(10)14/h8,14H,6-7H2,1-5H3. The van der Waals surface area contributed by atoms with E-state index in [-0.39, 0.29) is 23.0 Å². The molecule has 0 aromatic heterocycles. The second-order valence-electron chi connectivity index (χ2n) is 5.57. The maximum Gasteiger partial charge on any atom is 0.308 e. The van der Waals surface area contributed by atoms with Crippen LogP contribution in [0.2, 0.25) is 0 Å². The van der Waals surface area contributed by atoms with E-state index in [1.165, 1.54) is 12.2 Å². The average Bonchev–Trinajstić information content (AvgIpc) is 2.11. The second kappa shape index (κ2) is 3.76. The van der Waals surface area contributed by atoms with Gasteiger partial charge < -0.3 is 9.94 Å². The van der Waals surface area contributed by atoms with Gasteiger partial charge in [-0.1, -0.05) is 0 Å². The van der Waals surface area contributed by atoms with E-state index in [0.717, 1.165) is 0 Å². The molecule has 4 heteroatoms. The van der Waals surface area contributed by atoms with Crippen LogP contribution in [-0.4, -0.2) is 34.4 Å². The van der Waals surface area contributed by atoms with E-state index in [1.807, 2.05) is 27.7 Å². The van der Waals surface area contributed by atoms with Gasteiger partial charge >= 0.3 is 5.97 Å². The van der Waals surface area contributed by atoms with E-state index in [1.54, 1.807) is 0 Å². The third-order valence-electron chi connectivity index (χ3n) is 3.17. The van der Waals surface area contributed by atoms with Crippen LogP contribution in [0.15, 0.2) is 0 Å². The van der Waals surface area contributed by atoms with Crippen LogP contribution < -0.4 is 0 Å². The molecule has 1 rings (SSSR count). The number of methoxy groups -OCH3 is 1. The molecule has 1 N–H and O–H groups in total. The Morgan fingerprint density at radius 2 is 1.67 bits per heavy atom. The Balaban J connectivity index is 2.89. The molecule has 0 aromatic carbocycles. The van der Waals surface area contributed by atoms with E-state index in [4.69, 9.17) is 4.74 Å². The van der Waals surface area contributed by atoms with Crippen molar-refractivity contribution in [2.45, 2.75) is 51.6 Å². The molecule has 0 spiro atoms. The molecule has 0 radical (unpaired) electrons. The predicted molar refractivity (Wildman–Crippen MR) is 56.5 cm³/mol. The molecule has 15 heavy (non-hydrogen) atoms. The Hall–Kier alpha value is -0.610. The van der Waals surface area contributed by atoms with Gasteiger partial charge in [-0.25, -0.2) is 0 Å². The fourth-order valence-corrected chi connectivity index (χ4v) is 2.60. The third-order valence-corrected chi connectivity index (χ3v) is 3.17. The van der Waals surface area contributed by atoms with Crippen molar-refractivity contribution >= 4 is 5.97 Å². The Bertz CT molecular complexity index is 243. The minimum absolute atomic E-state index is 0.122. The van der Waals surface area contributed by atoms with Crippen molar-refractivity contribution in [3.8, 4) is 0 Å². The molecule has 0 unspecified atom stereocenters. The molecule has 1 fully saturated rings. The molecule has 0 amide bonds. The van der Waals surface area contributed by atoms with Gasteiger partial charge in [0.1, 0.15) is 0 Å². The number of hydrogen-bond donors (Lipinski definition) is 1. The van der Waals surface area contributed by atoms with Gasteiger partial charge in [0, 0.05) is 11.1 Å². The van der Waals surface area contributed by atoms with Gasteiger partial charge in [-0.3, -0.25) is 4.79 Å². The quantitative estimate of drug-likeness (QED) is 0.678. The lowest BCUT2D eigenvalue weighted by Gasteiger charge is -2.50. The summed E-state index contributed by atoms with van der Waals surface area (Å²) in [5, 5.41) is 11.4. The topological polar surface area (TPSA) is 49.8 Å². The van der Waals surface area contributed by atoms with E-state index in [9.17, 15) is 10.0 Å². The maximum atomic E-state index is 11.5. The Kier molecular flexibility index (Phi) is 3.12. The lowest BCUT2D eigenvalue weighted by Crippen LogP contribution is -2.59. The first-order valence-electron chi connectivity index (χ1n) is 5.28. The zero-order chi connectivity index (χ0) is 11.9. The fraction of sp³-hybridized carbons (Fsp3) is 0.909.